The molecule has 0 N–H and O–H groups in total. The van der Waals surface area contributed by atoms with Gasteiger partial charge in [-0.2, -0.15) is 0 Å². The van der Waals surface area contributed by atoms with Crippen molar-refractivity contribution in [3.63, 3.8) is 0 Å². The van der Waals surface area contributed by atoms with Crippen molar-refractivity contribution < 1.29 is 22.4 Å². The third-order valence-corrected chi connectivity index (χ3v) is 5.18. The monoisotopic (exact) mass is 364 g/mol. The van der Waals surface area contributed by atoms with Crippen LogP contribution in [0.25, 0.3) is 11.1 Å². The van der Waals surface area contributed by atoms with Crippen molar-refractivity contribution in [3.05, 3.63) is 59.2 Å². The van der Waals surface area contributed by atoms with Crippen LogP contribution in [0.5, 0.6) is 0 Å². The Kier molecular flexibility index (Phi) is 5.44. The molecular formula is C21H20F4O. The second-order valence-electron chi connectivity index (χ2n) is 7.17. The lowest BCUT2D eigenvalue weighted by Gasteiger charge is -2.25. The number of carbonyl (C=O) groups is 1. The molecule has 1 nitrogen and oxygen atoms in total. The maximum absolute atomic E-state index is 14.4. The minimum atomic E-state index is -1.59. The molecule has 2 aromatic rings. The van der Waals surface area contributed by atoms with Gasteiger partial charge in [0.25, 0.3) is 0 Å². The molecule has 0 saturated heterocycles. The van der Waals surface area contributed by atoms with E-state index in [1.807, 2.05) is 0 Å². The number of Topliss-reactive ketones (excluding diaryl/α,β-unsaturated/α-hetero) is 1. The molecule has 26 heavy (non-hydrogen) atoms. The van der Waals surface area contributed by atoms with E-state index in [4.69, 9.17) is 0 Å². The summed E-state index contributed by atoms with van der Waals surface area (Å²) in [5.41, 5.74) is 0.404. The molecule has 0 aliphatic heterocycles. The molecular weight excluding hydrogens is 344 g/mol. The summed E-state index contributed by atoms with van der Waals surface area (Å²) in [5.74, 6) is -4.25. The van der Waals surface area contributed by atoms with Crippen molar-refractivity contribution in [1.82, 2.24) is 0 Å². The molecule has 0 heterocycles. The standard InChI is InChI=1S/C21H20F4O/c1-12-2-5-14(6-3-12)20(26)9-13-4-7-16(17(22)8-13)15-10-18(23)21(25)19(24)11-15/h4,7-8,10-12,14H,2-3,5-6,9H2,1H3. The van der Waals surface area contributed by atoms with Gasteiger partial charge in [0.05, 0.1) is 0 Å². The van der Waals surface area contributed by atoms with Crippen molar-refractivity contribution in [2.45, 2.75) is 39.0 Å². The molecule has 3 rings (SSSR count). The number of ketones is 1. The van der Waals surface area contributed by atoms with Gasteiger partial charge in [-0.1, -0.05) is 31.9 Å². The zero-order valence-electron chi connectivity index (χ0n) is 14.5. The molecule has 0 spiro atoms. The van der Waals surface area contributed by atoms with Crippen molar-refractivity contribution >= 4 is 5.78 Å². The molecule has 0 radical (unpaired) electrons. The van der Waals surface area contributed by atoms with E-state index in [1.165, 1.54) is 12.1 Å². The van der Waals surface area contributed by atoms with Gasteiger partial charge in [0, 0.05) is 17.9 Å². The third kappa shape index (κ3) is 3.97. The highest BCUT2D eigenvalue weighted by Crippen LogP contribution is 2.31. The van der Waals surface area contributed by atoms with Gasteiger partial charge in [0.2, 0.25) is 0 Å². The first-order valence-corrected chi connectivity index (χ1v) is 8.81. The van der Waals surface area contributed by atoms with Crippen LogP contribution in [0.1, 0.15) is 38.2 Å². The van der Waals surface area contributed by atoms with Gasteiger partial charge in [0.15, 0.2) is 17.5 Å². The summed E-state index contributed by atoms with van der Waals surface area (Å²) in [4.78, 5) is 12.4. The van der Waals surface area contributed by atoms with Gasteiger partial charge in [-0.15, -0.1) is 0 Å². The van der Waals surface area contributed by atoms with Crippen LogP contribution in [-0.4, -0.2) is 5.78 Å². The van der Waals surface area contributed by atoms with Gasteiger partial charge in [-0.25, -0.2) is 17.6 Å². The van der Waals surface area contributed by atoms with Crippen LogP contribution >= 0.6 is 0 Å². The van der Waals surface area contributed by atoms with Crippen LogP contribution < -0.4 is 0 Å². The van der Waals surface area contributed by atoms with E-state index in [1.54, 1.807) is 6.07 Å². The Morgan fingerprint density at radius 1 is 0.923 bits per heavy atom. The van der Waals surface area contributed by atoms with E-state index in [0.717, 1.165) is 37.8 Å². The molecule has 0 amide bonds. The lowest BCUT2D eigenvalue weighted by Crippen LogP contribution is -2.22. The van der Waals surface area contributed by atoms with Gasteiger partial charge in [0.1, 0.15) is 11.6 Å². The van der Waals surface area contributed by atoms with Crippen LogP contribution in [0.15, 0.2) is 30.3 Å². The number of carbonyl (C=O) groups excluding carboxylic acids is 1. The van der Waals surface area contributed by atoms with Crippen molar-refractivity contribution in [2.24, 2.45) is 11.8 Å². The van der Waals surface area contributed by atoms with E-state index in [9.17, 15) is 22.4 Å². The molecule has 1 aliphatic rings. The predicted octanol–water partition coefficient (Wildman–Crippen LogP) is 5.85. The molecule has 0 aromatic heterocycles. The largest absolute Gasteiger partial charge is 0.299 e. The maximum Gasteiger partial charge on any atom is 0.194 e. The number of hydrogen-bond donors (Lipinski definition) is 0. The highest BCUT2D eigenvalue weighted by Gasteiger charge is 2.24. The maximum atomic E-state index is 14.4. The zero-order chi connectivity index (χ0) is 18.8. The van der Waals surface area contributed by atoms with Gasteiger partial charge < -0.3 is 0 Å². The first-order valence-electron chi connectivity index (χ1n) is 8.81. The average molecular weight is 364 g/mol. The van der Waals surface area contributed by atoms with Crippen LogP contribution in [-0.2, 0) is 11.2 Å². The number of hydrogen-bond acceptors (Lipinski definition) is 1. The van der Waals surface area contributed by atoms with Gasteiger partial charge in [-0.3, -0.25) is 4.79 Å². The summed E-state index contributed by atoms with van der Waals surface area (Å²) in [5, 5.41) is 0. The molecule has 0 bridgehead atoms. The number of benzene rings is 2. The second kappa shape index (κ2) is 7.60. The molecule has 2 aromatic carbocycles. The molecule has 5 heteroatoms. The minimum Gasteiger partial charge on any atom is -0.299 e. The van der Waals surface area contributed by atoms with Crippen molar-refractivity contribution in [1.29, 1.82) is 0 Å². The van der Waals surface area contributed by atoms with Crippen LogP contribution in [0.4, 0.5) is 17.6 Å². The molecule has 0 unspecified atom stereocenters. The Labute approximate surface area is 150 Å². The zero-order valence-corrected chi connectivity index (χ0v) is 14.5. The van der Waals surface area contributed by atoms with Crippen LogP contribution in [0, 0.1) is 35.1 Å². The fraction of sp³-hybridized carbons (Fsp3) is 0.381. The molecule has 138 valence electrons. The van der Waals surface area contributed by atoms with Crippen molar-refractivity contribution in [2.75, 3.05) is 0 Å². The molecule has 1 aliphatic carbocycles. The van der Waals surface area contributed by atoms with Gasteiger partial charge in [-0.05, 0) is 48.1 Å². The Morgan fingerprint density at radius 2 is 1.54 bits per heavy atom. The Bertz CT molecular complexity index is 800. The van der Waals surface area contributed by atoms with E-state index in [2.05, 4.69) is 6.92 Å². The lowest BCUT2D eigenvalue weighted by molar-refractivity contribution is -0.123. The fourth-order valence-electron chi connectivity index (χ4n) is 3.54. The normalized spacial score (nSPS) is 20.2. The minimum absolute atomic E-state index is 0.0224. The second-order valence-corrected chi connectivity index (χ2v) is 7.17. The van der Waals surface area contributed by atoms with Crippen LogP contribution in [0.2, 0.25) is 0 Å². The molecule has 0 atom stereocenters. The quantitative estimate of drug-likeness (QED) is 0.491. The highest BCUT2D eigenvalue weighted by molar-refractivity contribution is 5.83. The predicted molar refractivity (Wildman–Crippen MR) is 91.5 cm³/mol. The molecule has 1 saturated carbocycles. The summed E-state index contributed by atoms with van der Waals surface area (Å²) >= 11 is 0. The Morgan fingerprint density at radius 3 is 2.12 bits per heavy atom. The first-order chi connectivity index (χ1) is 12.3. The highest BCUT2D eigenvalue weighted by atomic mass is 19.2. The lowest BCUT2D eigenvalue weighted by atomic mass is 9.79. The first kappa shape index (κ1) is 18.6. The van der Waals surface area contributed by atoms with E-state index in [0.29, 0.717) is 11.5 Å². The Hall–Kier alpha value is -2.17. The van der Waals surface area contributed by atoms with E-state index >= 15 is 0 Å². The van der Waals surface area contributed by atoms with E-state index in [-0.39, 0.29) is 29.2 Å². The van der Waals surface area contributed by atoms with E-state index < -0.39 is 23.3 Å². The number of halogens is 4. The summed E-state index contributed by atoms with van der Waals surface area (Å²) < 4.78 is 54.2. The number of rotatable bonds is 4. The van der Waals surface area contributed by atoms with Crippen molar-refractivity contribution in [3.8, 4) is 11.1 Å². The SMILES string of the molecule is CC1CCC(C(=O)Cc2ccc(-c3cc(F)c(F)c(F)c3)c(F)c2)CC1. The summed E-state index contributed by atoms with van der Waals surface area (Å²) in [7, 11) is 0. The smallest absolute Gasteiger partial charge is 0.194 e. The summed E-state index contributed by atoms with van der Waals surface area (Å²) in [6, 6.07) is 5.65. The molecule has 1 fully saturated rings. The summed E-state index contributed by atoms with van der Waals surface area (Å²) in [6.07, 6.45) is 3.95. The fourth-order valence-corrected chi connectivity index (χ4v) is 3.54. The average Bonchev–Trinajstić information content (AvgIpc) is 2.60. The van der Waals surface area contributed by atoms with Gasteiger partial charge >= 0.3 is 0 Å². The summed E-state index contributed by atoms with van der Waals surface area (Å²) in [6.45, 7) is 2.18. The topological polar surface area (TPSA) is 17.1 Å². The van der Waals surface area contributed by atoms with Crippen LogP contribution in [0.3, 0.4) is 0 Å². The third-order valence-electron chi connectivity index (χ3n) is 5.18. The Balaban J connectivity index is 1.76.